The van der Waals surface area contributed by atoms with E-state index in [4.69, 9.17) is 4.74 Å². The zero-order chi connectivity index (χ0) is 15.5. The van der Waals surface area contributed by atoms with Crippen molar-refractivity contribution in [1.82, 2.24) is 0 Å². The topological polar surface area (TPSA) is 63.6 Å². The Morgan fingerprint density at radius 1 is 1.21 bits per heavy atom. The highest BCUT2D eigenvalue weighted by molar-refractivity contribution is 5.79. The first kappa shape index (κ1) is 17.7. The number of aliphatic carboxylic acids is 1. The fourth-order valence-electron chi connectivity index (χ4n) is 1.82. The zero-order valence-corrected chi connectivity index (χ0v) is 12.9. The number of carbonyl (C=O) groups excluding carboxylic acids is 1. The number of hydrogen-bond acceptors (Lipinski definition) is 3. The average Bonchev–Trinajstić information content (AvgIpc) is 2.27. The number of esters is 1. The van der Waals surface area contributed by atoms with Crippen molar-refractivity contribution in [3.05, 3.63) is 12.7 Å². The van der Waals surface area contributed by atoms with E-state index in [9.17, 15) is 14.7 Å². The summed E-state index contributed by atoms with van der Waals surface area (Å²) >= 11 is 0. The summed E-state index contributed by atoms with van der Waals surface area (Å²) in [6.07, 6.45) is 2.25. The minimum Gasteiger partial charge on any atom is -0.481 e. The van der Waals surface area contributed by atoms with Gasteiger partial charge in [-0.1, -0.05) is 13.5 Å². The maximum atomic E-state index is 12.2. The molecule has 4 heteroatoms. The highest BCUT2D eigenvalue weighted by Crippen LogP contribution is 2.38. The van der Waals surface area contributed by atoms with Gasteiger partial charge in [0.05, 0.1) is 10.8 Å². The van der Waals surface area contributed by atoms with Gasteiger partial charge in [-0.25, -0.2) is 0 Å². The summed E-state index contributed by atoms with van der Waals surface area (Å²) in [6.45, 7) is 14.0. The molecule has 0 spiro atoms. The highest BCUT2D eigenvalue weighted by Gasteiger charge is 2.42. The van der Waals surface area contributed by atoms with E-state index in [0.717, 1.165) is 0 Å². The van der Waals surface area contributed by atoms with Crippen LogP contribution < -0.4 is 0 Å². The summed E-state index contributed by atoms with van der Waals surface area (Å²) in [5.74, 6) is -1.29. The molecule has 0 aliphatic carbocycles. The monoisotopic (exact) mass is 270 g/mol. The minimum atomic E-state index is -0.930. The molecule has 1 unspecified atom stereocenters. The van der Waals surface area contributed by atoms with Crippen LogP contribution in [-0.2, 0) is 14.3 Å². The molecule has 0 bridgehead atoms. The maximum absolute atomic E-state index is 12.2. The van der Waals surface area contributed by atoms with Gasteiger partial charge in [0.2, 0.25) is 0 Å². The molecule has 0 fully saturated rings. The van der Waals surface area contributed by atoms with Gasteiger partial charge in [-0.3, -0.25) is 9.59 Å². The average molecular weight is 270 g/mol. The van der Waals surface area contributed by atoms with Crippen LogP contribution in [0.25, 0.3) is 0 Å². The summed E-state index contributed by atoms with van der Waals surface area (Å²) in [5.41, 5.74) is -2.54. The molecule has 0 amide bonds. The van der Waals surface area contributed by atoms with Crippen molar-refractivity contribution in [1.29, 1.82) is 0 Å². The van der Waals surface area contributed by atoms with Gasteiger partial charge in [0.25, 0.3) is 0 Å². The molecule has 110 valence electrons. The van der Waals surface area contributed by atoms with Crippen LogP contribution in [0.3, 0.4) is 0 Å². The Morgan fingerprint density at radius 2 is 1.68 bits per heavy atom. The fraction of sp³-hybridized carbons (Fsp3) is 0.733. The predicted molar refractivity (Wildman–Crippen MR) is 74.8 cm³/mol. The van der Waals surface area contributed by atoms with Crippen LogP contribution in [0.2, 0.25) is 0 Å². The van der Waals surface area contributed by atoms with Crippen molar-refractivity contribution in [3.63, 3.8) is 0 Å². The Balaban J connectivity index is 5.03. The molecule has 0 saturated heterocycles. The summed E-state index contributed by atoms with van der Waals surface area (Å²) in [7, 11) is 0. The normalized spacial score (nSPS) is 15.5. The van der Waals surface area contributed by atoms with Crippen molar-refractivity contribution in [2.45, 2.75) is 60.0 Å². The van der Waals surface area contributed by atoms with Crippen molar-refractivity contribution in [2.24, 2.45) is 10.8 Å². The Kier molecular flexibility index (Phi) is 5.36. The van der Waals surface area contributed by atoms with Crippen LogP contribution in [0.4, 0.5) is 0 Å². The molecule has 4 nitrogen and oxygen atoms in total. The standard InChI is InChI=1S/C15H26O4/c1-8-14(5,6)19-12(18)13(3,4)10-15(7,9-2)11(16)17/h8H,1,9-10H2,2-7H3,(H,16,17). The summed E-state index contributed by atoms with van der Waals surface area (Å²) in [6, 6.07) is 0. The van der Waals surface area contributed by atoms with Crippen LogP contribution >= 0.6 is 0 Å². The van der Waals surface area contributed by atoms with Crippen LogP contribution in [0.5, 0.6) is 0 Å². The molecular formula is C15H26O4. The molecule has 1 N–H and O–H groups in total. The van der Waals surface area contributed by atoms with E-state index >= 15 is 0 Å². The van der Waals surface area contributed by atoms with Crippen molar-refractivity contribution in [2.75, 3.05) is 0 Å². The molecule has 0 aromatic rings. The first-order valence-electron chi connectivity index (χ1n) is 6.50. The predicted octanol–water partition coefficient (Wildman–Crippen LogP) is 3.41. The largest absolute Gasteiger partial charge is 0.481 e. The fourth-order valence-corrected chi connectivity index (χ4v) is 1.82. The second-order valence-electron chi connectivity index (χ2n) is 6.48. The lowest BCUT2D eigenvalue weighted by atomic mass is 9.72. The van der Waals surface area contributed by atoms with E-state index in [1.807, 2.05) is 6.92 Å². The molecule has 19 heavy (non-hydrogen) atoms. The first-order valence-corrected chi connectivity index (χ1v) is 6.50. The lowest BCUT2D eigenvalue weighted by Gasteiger charge is -2.34. The van der Waals surface area contributed by atoms with Gasteiger partial charge >= 0.3 is 11.9 Å². The molecule has 0 aromatic carbocycles. The van der Waals surface area contributed by atoms with Gasteiger partial charge in [0.15, 0.2) is 0 Å². The van der Waals surface area contributed by atoms with Crippen LogP contribution in [0, 0.1) is 10.8 Å². The molecule has 1 atom stereocenters. The lowest BCUT2D eigenvalue weighted by Crippen LogP contribution is -2.40. The number of rotatable bonds is 7. The second kappa shape index (κ2) is 5.76. The van der Waals surface area contributed by atoms with E-state index < -0.39 is 28.4 Å². The number of hydrogen-bond donors (Lipinski definition) is 1. The maximum Gasteiger partial charge on any atom is 0.312 e. The number of carboxylic acids is 1. The van der Waals surface area contributed by atoms with Crippen LogP contribution in [0.15, 0.2) is 12.7 Å². The van der Waals surface area contributed by atoms with Gasteiger partial charge in [-0.2, -0.15) is 0 Å². The van der Waals surface area contributed by atoms with Gasteiger partial charge in [-0.05, 0) is 53.5 Å². The molecule has 0 saturated carbocycles. The third-order valence-corrected chi connectivity index (χ3v) is 3.53. The van der Waals surface area contributed by atoms with Crippen LogP contribution in [0.1, 0.15) is 54.4 Å². The smallest absolute Gasteiger partial charge is 0.312 e. The lowest BCUT2D eigenvalue weighted by molar-refractivity contribution is -0.167. The van der Waals surface area contributed by atoms with E-state index in [-0.39, 0.29) is 6.42 Å². The molecular weight excluding hydrogens is 244 g/mol. The Bertz CT molecular complexity index is 368. The molecule has 0 aliphatic heterocycles. The van der Waals surface area contributed by atoms with Gasteiger partial charge < -0.3 is 9.84 Å². The SMILES string of the molecule is C=CC(C)(C)OC(=O)C(C)(C)CC(C)(CC)C(=O)O. The summed E-state index contributed by atoms with van der Waals surface area (Å²) in [5, 5.41) is 9.29. The van der Waals surface area contributed by atoms with E-state index in [1.54, 1.807) is 40.7 Å². The Morgan fingerprint density at radius 3 is 2.00 bits per heavy atom. The molecule has 0 radical (unpaired) electrons. The molecule has 0 heterocycles. The van der Waals surface area contributed by atoms with Crippen LogP contribution in [-0.4, -0.2) is 22.6 Å². The van der Waals surface area contributed by atoms with Gasteiger partial charge in [-0.15, -0.1) is 0 Å². The second-order valence-corrected chi connectivity index (χ2v) is 6.48. The Labute approximate surface area is 115 Å². The quantitative estimate of drug-likeness (QED) is 0.569. The summed E-state index contributed by atoms with van der Waals surface area (Å²) < 4.78 is 5.37. The van der Waals surface area contributed by atoms with Crippen molar-refractivity contribution < 1.29 is 19.4 Å². The minimum absolute atomic E-state index is 0.234. The van der Waals surface area contributed by atoms with Gasteiger partial charge in [0.1, 0.15) is 5.60 Å². The summed E-state index contributed by atoms with van der Waals surface area (Å²) in [4.78, 5) is 23.5. The molecule has 0 rings (SSSR count). The van der Waals surface area contributed by atoms with E-state index in [2.05, 4.69) is 6.58 Å². The molecule has 0 aromatic heterocycles. The van der Waals surface area contributed by atoms with Crippen molar-refractivity contribution in [3.8, 4) is 0 Å². The van der Waals surface area contributed by atoms with Crippen molar-refractivity contribution >= 4 is 11.9 Å². The van der Waals surface area contributed by atoms with E-state index in [0.29, 0.717) is 6.42 Å². The number of carboxylic acid groups (broad SMARTS) is 1. The molecule has 0 aliphatic rings. The third-order valence-electron chi connectivity index (χ3n) is 3.53. The highest BCUT2D eigenvalue weighted by atomic mass is 16.6. The third kappa shape index (κ3) is 4.69. The zero-order valence-electron chi connectivity index (χ0n) is 12.9. The number of ether oxygens (including phenoxy) is 1. The Hall–Kier alpha value is -1.32. The van der Waals surface area contributed by atoms with E-state index in [1.165, 1.54) is 0 Å². The number of carbonyl (C=O) groups is 2. The first-order chi connectivity index (χ1) is 8.40. The van der Waals surface area contributed by atoms with Gasteiger partial charge in [0, 0.05) is 0 Å².